The molecule has 2 N–H and O–H groups in total. The second-order valence-corrected chi connectivity index (χ2v) is 7.23. The first kappa shape index (κ1) is 16.1. The molecule has 1 aliphatic heterocycles. The van der Waals surface area contributed by atoms with Crippen LogP contribution in [0.2, 0.25) is 0 Å². The summed E-state index contributed by atoms with van der Waals surface area (Å²) >= 11 is 0. The van der Waals surface area contributed by atoms with Gasteiger partial charge in [-0.25, -0.2) is 9.97 Å². The maximum Gasteiger partial charge on any atom is 0.171 e. The Kier molecular flexibility index (Phi) is 3.92. The molecular weight excluding hydrogens is 340 g/mol. The number of aromatic nitrogens is 3. The monoisotopic (exact) mass is 362 g/mol. The summed E-state index contributed by atoms with van der Waals surface area (Å²) < 4.78 is 0. The van der Waals surface area contributed by atoms with E-state index in [1.807, 2.05) is 12.1 Å². The maximum absolute atomic E-state index is 11.9. The van der Waals surface area contributed by atoms with Crippen LogP contribution in [0.1, 0.15) is 12.8 Å². The molecular formula is C20H22N6O. The molecule has 3 aromatic rings. The van der Waals surface area contributed by atoms with E-state index in [4.69, 9.17) is 0 Å². The van der Waals surface area contributed by atoms with E-state index >= 15 is 0 Å². The summed E-state index contributed by atoms with van der Waals surface area (Å²) in [7, 11) is 0. The fraction of sp³-hybridized carbons (Fsp3) is 0.350. The molecule has 3 heterocycles. The minimum absolute atomic E-state index is 0.234. The number of carbonyl (C=O) groups is 1. The third-order valence-corrected chi connectivity index (χ3v) is 5.30. The van der Waals surface area contributed by atoms with E-state index in [1.165, 1.54) is 12.8 Å². The zero-order valence-corrected chi connectivity index (χ0v) is 15.0. The highest BCUT2D eigenvalue weighted by molar-refractivity contribution is 5.85. The Bertz CT molecular complexity index is 933. The number of hydrogen-bond donors (Lipinski definition) is 2. The minimum Gasteiger partial charge on any atom is -0.364 e. The molecule has 138 valence electrons. The number of hydrogen-bond acceptors (Lipinski definition) is 6. The summed E-state index contributed by atoms with van der Waals surface area (Å²) in [6.07, 6.45) is 6.82. The van der Waals surface area contributed by atoms with Gasteiger partial charge in [0, 0.05) is 49.0 Å². The average molecular weight is 362 g/mol. The summed E-state index contributed by atoms with van der Waals surface area (Å²) in [4.78, 5) is 28.6. The van der Waals surface area contributed by atoms with Gasteiger partial charge in [0.2, 0.25) is 0 Å². The highest BCUT2D eigenvalue weighted by Crippen LogP contribution is 2.30. The third kappa shape index (κ3) is 3.09. The summed E-state index contributed by atoms with van der Waals surface area (Å²) in [5, 5.41) is 4.61. The lowest BCUT2D eigenvalue weighted by atomic mass is 10.2. The van der Waals surface area contributed by atoms with Crippen molar-refractivity contribution in [3.63, 3.8) is 0 Å². The van der Waals surface area contributed by atoms with Gasteiger partial charge < -0.3 is 24.9 Å². The van der Waals surface area contributed by atoms with Crippen molar-refractivity contribution in [2.75, 3.05) is 34.8 Å². The predicted octanol–water partition coefficient (Wildman–Crippen LogP) is 2.43. The molecule has 2 aliphatic rings. The SMILES string of the molecule is O=CC1CN(c2nccnc2NC2CC2)CCN1c1cc2ccccc2[nH]1. The zero-order chi connectivity index (χ0) is 18.2. The smallest absolute Gasteiger partial charge is 0.171 e. The van der Waals surface area contributed by atoms with Crippen molar-refractivity contribution in [1.82, 2.24) is 15.0 Å². The van der Waals surface area contributed by atoms with Crippen molar-refractivity contribution in [3.05, 3.63) is 42.7 Å². The van der Waals surface area contributed by atoms with Crippen LogP contribution in [0.3, 0.4) is 0 Å². The quantitative estimate of drug-likeness (QED) is 0.679. The van der Waals surface area contributed by atoms with Crippen molar-refractivity contribution < 1.29 is 4.79 Å². The van der Waals surface area contributed by atoms with Crippen molar-refractivity contribution in [1.29, 1.82) is 0 Å². The summed E-state index contributed by atoms with van der Waals surface area (Å²) in [5.74, 6) is 2.65. The number of anilines is 3. The van der Waals surface area contributed by atoms with Crippen LogP contribution in [0, 0.1) is 0 Å². The number of nitrogens with zero attached hydrogens (tertiary/aromatic N) is 4. The molecule has 1 saturated heterocycles. The first-order chi connectivity index (χ1) is 13.3. The van der Waals surface area contributed by atoms with Gasteiger partial charge >= 0.3 is 0 Å². The summed E-state index contributed by atoms with van der Waals surface area (Å²) in [5.41, 5.74) is 1.09. The Morgan fingerprint density at radius 1 is 1.15 bits per heavy atom. The molecule has 1 unspecified atom stereocenters. The molecule has 1 atom stereocenters. The first-order valence-corrected chi connectivity index (χ1v) is 9.44. The van der Waals surface area contributed by atoms with Gasteiger partial charge in [0.1, 0.15) is 18.1 Å². The van der Waals surface area contributed by atoms with Crippen LogP contribution in [0.25, 0.3) is 10.9 Å². The Morgan fingerprint density at radius 2 is 2.00 bits per heavy atom. The van der Waals surface area contributed by atoms with E-state index in [2.05, 4.69) is 48.3 Å². The number of aldehydes is 1. The molecule has 1 saturated carbocycles. The van der Waals surface area contributed by atoms with E-state index in [0.29, 0.717) is 12.6 Å². The van der Waals surface area contributed by atoms with Crippen LogP contribution in [0.4, 0.5) is 17.5 Å². The van der Waals surface area contributed by atoms with Gasteiger partial charge in [0.15, 0.2) is 11.6 Å². The van der Waals surface area contributed by atoms with Crippen LogP contribution < -0.4 is 15.1 Å². The van der Waals surface area contributed by atoms with Crippen molar-refractivity contribution in [2.24, 2.45) is 0 Å². The second kappa shape index (κ2) is 6.57. The fourth-order valence-electron chi connectivity index (χ4n) is 3.72. The topological polar surface area (TPSA) is 77.2 Å². The predicted molar refractivity (Wildman–Crippen MR) is 106 cm³/mol. The van der Waals surface area contributed by atoms with Crippen LogP contribution in [0.15, 0.2) is 42.7 Å². The number of piperazine rings is 1. The number of rotatable bonds is 5. The molecule has 0 bridgehead atoms. The van der Waals surface area contributed by atoms with Crippen LogP contribution in [-0.4, -0.2) is 53.0 Å². The van der Waals surface area contributed by atoms with E-state index in [0.717, 1.165) is 47.7 Å². The van der Waals surface area contributed by atoms with Crippen molar-refractivity contribution in [2.45, 2.75) is 24.9 Å². The number of nitrogens with one attached hydrogen (secondary N) is 2. The van der Waals surface area contributed by atoms with Gasteiger partial charge in [-0.05, 0) is 25.0 Å². The zero-order valence-electron chi connectivity index (χ0n) is 15.0. The van der Waals surface area contributed by atoms with Crippen molar-refractivity contribution >= 4 is 34.6 Å². The molecule has 1 aromatic carbocycles. The molecule has 5 rings (SSSR count). The number of para-hydroxylation sites is 1. The van der Waals surface area contributed by atoms with Gasteiger partial charge in [-0.15, -0.1) is 0 Å². The number of benzene rings is 1. The Labute approximate surface area is 157 Å². The second-order valence-electron chi connectivity index (χ2n) is 7.23. The number of H-pyrrole nitrogens is 1. The highest BCUT2D eigenvalue weighted by atomic mass is 16.1. The van der Waals surface area contributed by atoms with E-state index in [-0.39, 0.29) is 6.04 Å². The number of carbonyl (C=O) groups excluding carboxylic acids is 1. The average Bonchev–Trinajstić information content (AvgIpc) is 3.42. The summed E-state index contributed by atoms with van der Waals surface area (Å²) in [6, 6.07) is 10.6. The molecule has 0 spiro atoms. The minimum atomic E-state index is -0.234. The Hall–Kier alpha value is -3.09. The van der Waals surface area contributed by atoms with Gasteiger partial charge in [-0.1, -0.05) is 18.2 Å². The van der Waals surface area contributed by atoms with Gasteiger partial charge in [0.05, 0.1) is 0 Å². The van der Waals surface area contributed by atoms with Crippen LogP contribution in [0.5, 0.6) is 0 Å². The van der Waals surface area contributed by atoms with Crippen molar-refractivity contribution in [3.8, 4) is 0 Å². The molecule has 2 aromatic heterocycles. The van der Waals surface area contributed by atoms with E-state index < -0.39 is 0 Å². The largest absolute Gasteiger partial charge is 0.364 e. The first-order valence-electron chi connectivity index (χ1n) is 9.44. The van der Waals surface area contributed by atoms with Crippen LogP contribution >= 0.6 is 0 Å². The third-order valence-electron chi connectivity index (χ3n) is 5.30. The van der Waals surface area contributed by atoms with E-state index in [1.54, 1.807) is 12.4 Å². The molecule has 7 heteroatoms. The Morgan fingerprint density at radius 3 is 2.81 bits per heavy atom. The number of aromatic amines is 1. The Balaban J connectivity index is 1.39. The molecule has 0 radical (unpaired) electrons. The van der Waals surface area contributed by atoms with Crippen LogP contribution in [-0.2, 0) is 4.79 Å². The number of fused-ring (bicyclic) bond motifs is 1. The lowest BCUT2D eigenvalue weighted by Crippen LogP contribution is -2.54. The lowest BCUT2D eigenvalue weighted by molar-refractivity contribution is -0.109. The molecule has 1 aliphatic carbocycles. The van der Waals surface area contributed by atoms with Gasteiger partial charge in [-0.3, -0.25) is 0 Å². The molecule has 7 nitrogen and oxygen atoms in total. The maximum atomic E-state index is 11.9. The fourth-order valence-corrected chi connectivity index (χ4v) is 3.72. The van der Waals surface area contributed by atoms with Gasteiger partial charge in [-0.2, -0.15) is 0 Å². The summed E-state index contributed by atoms with van der Waals surface area (Å²) in [6.45, 7) is 2.13. The van der Waals surface area contributed by atoms with Gasteiger partial charge in [0.25, 0.3) is 0 Å². The normalized spacial score (nSPS) is 20.1. The molecule has 2 fully saturated rings. The van der Waals surface area contributed by atoms with E-state index in [9.17, 15) is 4.79 Å². The lowest BCUT2D eigenvalue weighted by Gasteiger charge is -2.40. The standard InChI is InChI=1S/C20H22N6O/c27-13-16-12-25(20-19(21-7-8-22-20)23-15-5-6-15)9-10-26(16)18-11-14-3-1-2-4-17(14)24-18/h1-4,7-8,11,13,15-16,24H,5-6,9-10,12H2,(H,21,23). The highest BCUT2D eigenvalue weighted by Gasteiger charge is 2.31. The molecule has 27 heavy (non-hydrogen) atoms. The molecule has 0 amide bonds.